The van der Waals surface area contributed by atoms with Crippen molar-refractivity contribution in [3.63, 3.8) is 0 Å². The van der Waals surface area contributed by atoms with Gasteiger partial charge in [-0.1, -0.05) is 25.0 Å². The van der Waals surface area contributed by atoms with Gasteiger partial charge >= 0.3 is 0 Å². The molecule has 1 saturated carbocycles. The van der Waals surface area contributed by atoms with Crippen molar-refractivity contribution in [2.75, 3.05) is 5.32 Å². The lowest BCUT2D eigenvalue weighted by Gasteiger charge is -2.12. The molecule has 0 spiro atoms. The van der Waals surface area contributed by atoms with Gasteiger partial charge in [-0.2, -0.15) is 0 Å². The van der Waals surface area contributed by atoms with E-state index in [0.717, 1.165) is 25.7 Å². The SMILES string of the molecule is CC(=O)c1cccc(NC(=O)c2cncc(C(=O)NC3CCCC3)c2)c1. The minimum Gasteiger partial charge on any atom is -0.349 e. The lowest BCUT2D eigenvalue weighted by Crippen LogP contribution is -2.32. The maximum atomic E-state index is 12.4. The van der Waals surface area contributed by atoms with E-state index in [1.807, 2.05) is 0 Å². The van der Waals surface area contributed by atoms with Crippen LogP contribution in [-0.2, 0) is 0 Å². The van der Waals surface area contributed by atoms with E-state index in [9.17, 15) is 14.4 Å². The maximum Gasteiger partial charge on any atom is 0.257 e. The second kappa shape index (κ2) is 7.91. The molecule has 3 rings (SSSR count). The molecule has 0 unspecified atom stereocenters. The summed E-state index contributed by atoms with van der Waals surface area (Å²) in [6.07, 6.45) is 7.11. The molecule has 0 aliphatic heterocycles. The third-order valence-electron chi connectivity index (χ3n) is 4.48. The number of rotatable bonds is 5. The summed E-state index contributed by atoms with van der Waals surface area (Å²) in [6, 6.07) is 8.44. The summed E-state index contributed by atoms with van der Waals surface area (Å²) in [6.45, 7) is 1.47. The first-order valence-corrected chi connectivity index (χ1v) is 8.71. The van der Waals surface area contributed by atoms with Crippen LogP contribution in [0.3, 0.4) is 0 Å². The highest BCUT2D eigenvalue weighted by Gasteiger charge is 2.19. The number of aromatic nitrogens is 1. The van der Waals surface area contributed by atoms with Crippen molar-refractivity contribution in [2.24, 2.45) is 0 Å². The van der Waals surface area contributed by atoms with Gasteiger partial charge in [-0.3, -0.25) is 19.4 Å². The van der Waals surface area contributed by atoms with E-state index in [4.69, 9.17) is 0 Å². The van der Waals surface area contributed by atoms with Gasteiger partial charge in [0.05, 0.1) is 11.1 Å². The third-order valence-corrected chi connectivity index (χ3v) is 4.48. The van der Waals surface area contributed by atoms with E-state index < -0.39 is 0 Å². The minimum absolute atomic E-state index is 0.0756. The summed E-state index contributed by atoms with van der Waals surface area (Å²) in [7, 11) is 0. The number of carbonyl (C=O) groups is 3. The number of anilines is 1. The molecule has 1 aliphatic rings. The standard InChI is InChI=1S/C20H21N3O3/c1-13(24)14-5-4-8-18(10-14)23-20(26)16-9-15(11-21-12-16)19(25)22-17-6-2-3-7-17/h4-5,8-12,17H,2-3,6-7H2,1H3,(H,22,25)(H,23,26). The van der Waals surface area contributed by atoms with Gasteiger partial charge in [-0.05, 0) is 38.0 Å². The highest BCUT2D eigenvalue weighted by atomic mass is 16.2. The van der Waals surface area contributed by atoms with E-state index in [1.165, 1.54) is 25.4 Å². The molecule has 1 aromatic heterocycles. The van der Waals surface area contributed by atoms with Crippen LogP contribution in [0.25, 0.3) is 0 Å². The number of benzene rings is 1. The number of nitrogens with one attached hydrogen (secondary N) is 2. The van der Waals surface area contributed by atoms with Crippen LogP contribution < -0.4 is 10.6 Å². The first-order valence-electron chi connectivity index (χ1n) is 8.71. The molecule has 26 heavy (non-hydrogen) atoms. The van der Waals surface area contributed by atoms with E-state index in [1.54, 1.807) is 24.3 Å². The van der Waals surface area contributed by atoms with Crippen LogP contribution in [0.1, 0.15) is 63.7 Å². The van der Waals surface area contributed by atoms with Crippen molar-refractivity contribution in [3.8, 4) is 0 Å². The zero-order valence-corrected chi connectivity index (χ0v) is 14.6. The van der Waals surface area contributed by atoms with Crippen molar-refractivity contribution < 1.29 is 14.4 Å². The Morgan fingerprint density at radius 1 is 0.962 bits per heavy atom. The number of Topliss-reactive ketones (excluding diaryl/α,β-unsaturated/α-hetero) is 1. The Bertz CT molecular complexity index is 842. The van der Waals surface area contributed by atoms with Crippen LogP contribution in [0.2, 0.25) is 0 Å². The van der Waals surface area contributed by atoms with E-state index in [-0.39, 0.29) is 29.2 Å². The molecule has 6 heteroatoms. The lowest BCUT2D eigenvalue weighted by molar-refractivity contribution is 0.0936. The largest absolute Gasteiger partial charge is 0.349 e. The van der Waals surface area contributed by atoms with Crippen molar-refractivity contribution in [3.05, 3.63) is 59.4 Å². The molecule has 2 amide bonds. The topological polar surface area (TPSA) is 88.2 Å². The Kier molecular flexibility index (Phi) is 5.41. The van der Waals surface area contributed by atoms with Crippen molar-refractivity contribution in [1.29, 1.82) is 0 Å². The molecule has 2 N–H and O–H groups in total. The molecular formula is C20H21N3O3. The number of hydrogen-bond acceptors (Lipinski definition) is 4. The normalized spacial score (nSPS) is 14.0. The Hall–Kier alpha value is -3.02. The van der Waals surface area contributed by atoms with Gasteiger partial charge in [-0.15, -0.1) is 0 Å². The van der Waals surface area contributed by atoms with Crippen LogP contribution in [0.5, 0.6) is 0 Å². The number of nitrogens with zero attached hydrogens (tertiary/aromatic N) is 1. The molecular weight excluding hydrogens is 330 g/mol. The van der Waals surface area contributed by atoms with Crippen LogP contribution in [0.4, 0.5) is 5.69 Å². The zero-order valence-electron chi connectivity index (χ0n) is 14.6. The Labute approximate surface area is 152 Å². The highest BCUT2D eigenvalue weighted by molar-refractivity contribution is 6.06. The van der Waals surface area contributed by atoms with Gasteiger partial charge in [0.2, 0.25) is 0 Å². The number of ketones is 1. The van der Waals surface area contributed by atoms with Gasteiger partial charge in [-0.25, -0.2) is 0 Å². The monoisotopic (exact) mass is 351 g/mol. The average Bonchev–Trinajstić information content (AvgIpc) is 3.15. The van der Waals surface area contributed by atoms with Gasteiger partial charge < -0.3 is 10.6 Å². The molecule has 1 heterocycles. The highest BCUT2D eigenvalue weighted by Crippen LogP contribution is 2.18. The molecule has 2 aromatic rings. The van der Waals surface area contributed by atoms with Crippen LogP contribution in [0.15, 0.2) is 42.7 Å². The molecule has 1 fully saturated rings. The van der Waals surface area contributed by atoms with Crippen molar-refractivity contribution in [2.45, 2.75) is 38.6 Å². The summed E-state index contributed by atoms with van der Waals surface area (Å²) < 4.78 is 0. The predicted molar refractivity (Wildman–Crippen MR) is 98.4 cm³/mol. The van der Waals surface area contributed by atoms with Gasteiger partial charge in [0.15, 0.2) is 5.78 Å². The maximum absolute atomic E-state index is 12.4. The molecule has 0 atom stereocenters. The number of pyridine rings is 1. The summed E-state index contributed by atoms with van der Waals surface area (Å²) in [5, 5.41) is 5.71. The van der Waals surface area contributed by atoms with Gasteiger partial charge in [0.1, 0.15) is 0 Å². The van der Waals surface area contributed by atoms with Crippen LogP contribution >= 0.6 is 0 Å². The smallest absolute Gasteiger partial charge is 0.257 e. The fourth-order valence-corrected chi connectivity index (χ4v) is 3.05. The van der Waals surface area contributed by atoms with E-state index in [2.05, 4.69) is 15.6 Å². The molecule has 0 radical (unpaired) electrons. The second-order valence-corrected chi connectivity index (χ2v) is 6.51. The quantitative estimate of drug-likeness (QED) is 0.810. The molecule has 1 aromatic carbocycles. The van der Waals surface area contributed by atoms with E-state index in [0.29, 0.717) is 16.8 Å². The average molecular weight is 351 g/mol. The summed E-state index contributed by atoms with van der Waals surface area (Å²) >= 11 is 0. The Morgan fingerprint density at radius 2 is 1.65 bits per heavy atom. The molecule has 6 nitrogen and oxygen atoms in total. The minimum atomic E-state index is -0.381. The Morgan fingerprint density at radius 3 is 2.35 bits per heavy atom. The molecule has 1 aliphatic carbocycles. The fourth-order valence-electron chi connectivity index (χ4n) is 3.05. The van der Waals surface area contributed by atoms with Crippen molar-refractivity contribution >= 4 is 23.3 Å². The molecule has 0 saturated heterocycles. The van der Waals surface area contributed by atoms with E-state index >= 15 is 0 Å². The summed E-state index contributed by atoms with van der Waals surface area (Å²) in [5.74, 6) is -0.667. The third kappa shape index (κ3) is 4.33. The summed E-state index contributed by atoms with van der Waals surface area (Å²) in [4.78, 5) is 40.2. The fraction of sp³-hybridized carbons (Fsp3) is 0.300. The van der Waals surface area contributed by atoms with Crippen LogP contribution in [0, 0.1) is 0 Å². The predicted octanol–water partition coefficient (Wildman–Crippen LogP) is 3.21. The Balaban J connectivity index is 1.70. The number of carbonyl (C=O) groups excluding carboxylic acids is 3. The molecule has 0 bridgehead atoms. The van der Waals surface area contributed by atoms with Gasteiger partial charge in [0, 0.05) is 29.7 Å². The number of hydrogen-bond donors (Lipinski definition) is 2. The van der Waals surface area contributed by atoms with Crippen molar-refractivity contribution in [1.82, 2.24) is 10.3 Å². The second-order valence-electron chi connectivity index (χ2n) is 6.51. The molecule has 134 valence electrons. The summed E-state index contributed by atoms with van der Waals surface area (Å²) in [5.41, 5.74) is 1.69. The lowest BCUT2D eigenvalue weighted by atomic mass is 10.1. The van der Waals surface area contributed by atoms with Gasteiger partial charge in [0.25, 0.3) is 11.8 Å². The number of amides is 2. The zero-order chi connectivity index (χ0) is 18.5. The van der Waals surface area contributed by atoms with Crippen LogP contribution in [-0.4, -0.2) is 28.6 Å². The first-order chi connectivity index (χ1) is 12.5. The first kappa shape index (κ1) is 17.8.